The van der Waals surface area contributed by atoms with E-state index >= 15 is 0 Å². The van der Waals surface area contributed by atoms with Crippen LogP contribution in [0.2, 0.25) is 0 Å². The van der Waals surface area contributed by atoms with Gasteiger partial charge in [-0.1, -0.05) is 17.3 Å². The molecule has 2 heterocycles. The number of likely N-dealkylation sites (tertiary alicyclic amines) is 1. The van der Waals surface area contributed by atoms with Crippen LogP contribution in [0.1, 0.15) is 46.6 Å². The lowest BCUT2D eigenvalue weighted by Gasteiger charge is -2.31. The van der Waals surface area contributed by atoms with Crippen LogP contribution in [0.25, 0.3) is 0 Å². The van der Waals surface area contributed by atoms with Crippen LogP contribution in [0.5, 0.6) is 5.75 Å². The summed E-state index contributed by atoms with van der Waals surface area (Å²) in [5, 5.41) is 6.87. The molecular formula is C22H29N3O4. The number of amides is 2. The minimum absolute atomic E-state index is 0.0255. The first-order valence-corrected chi connectivity index (χ1v) is 10.1. The summed E-state index contributed by atoms with van der Waals surface area (Å²) >= 11 is 0. The second kappa shape index (κ2) is 9.58. The Morgan fingerprint density at radius 2 is 2.03 bits per heavy atom. The Morgan fingerprint density at radius 3 is 2.69 bits per heavy atom. The molecule has 1 aliphatic heterocycles. The van der Waals surface area contributed by atoms with Crippen LogP contribution in [-0.4, -0.2) is 48.6 Å². The van der Waals surface area contributed by atoms with Crippen LogP contribution in [-0.2, 0) is 11.2 Å². The number of nitrogens with zero attached hydrogens (tertiary/aromatic N) is 2. The van der Waals surface area contributed by atoms with E-state index < -0.39 is 0 Å². The molecule has 1 aromatic carbocycles. The van der Waals surface area contributed by atoms with Crippen LogP contribution in [0.3, 0.4) is 0 Å². The molecule has 1 saturated heterocycles. The van der Waals surface area contributed by atoms with Crippen molar-refractivity contribution < 1.29 is 18.8 Å². The van der Waals surface area contributed by atoms with Gasteiger partial charge in [-0.2, -0.15) is 0 Å². The molecular weight excluding hydrogens is 370 g/mol. The van der Waals surface area contributed by atoms with E-state index in [2.05, 4.69) is 10.5 Å². The maximum atomic E-state index is 12.7. The Hall–Kier alpha value is -2.83. The first kappa shape index (κ1) is 20.9. The zero-order chi connectivity index (χ0) is 20.8. The number of carbonyl (C=O) groups excluding carboxylic acids is 2. The molecule has 1 aromatic heterocycles. The molecule has 0 aliphatic carbocycles. The normalized spacial score (nSPS) is 14.7. The fourth-order valence-electron chi connectivity index (χ4n) is 3.80. The van der Waals surface area contributed by atoms with E-state index in [1.165, 1.54) is 0 Å². The Labute approximate surface area is 171 Å². The quantitative estimate of drug-likeness (QED) is 0.774. The molecule has 0 bridgehead atoms. The van der Waals surface area contributed by atoms with Gasteiger partial charge < -0.3 is 19.5 Å². The standard InChI is InChI=1S/C22H29N3O4/c1-15-21(16(2)29-24-15)22(27)25-11-8-18(9-12-25)14-20(26)23-10-7-17-5-4-6-19(13-17)28-3/h4-6,13,18H,7-12,14H2,1-3H3,(H,23,26). The molecule has 0 unspecified atom stereocenters. The van der Waals surface area contributed by atoms with Crippen molar-refractivity contribution in [1.82, 2.24) is 15.4 Å². The lowest BCUT2D eigenvalue weighted by Crippen LogP contribution is -2.40. The van der Waals surface area contributed by atoms with Crippen LogP contribution in [0, 0.1) is 19.8 Å². The average molecular weight is 399 g/mol. The third kappa shape index (κ3) is 5.37. The van der Waals surface area contributed by atoms with Crippen molar-refractivity contribution in [3.05, 3.63) is 46.8 Å². The number of aryl methyl sites for hydroxylation is 2. The smallest absolute Gasteiger partial charge is 0.259 e. The van der Waals surface area contributed by atoms with Gasteiger partial charge in [0.25, 0.3) is 5.91 Å². The van der Waals surface area contributed by atoms with Crippen LogP contribution in [0.15, 0.2) is 28.8 Å². The summed E-state index contributed by atoms with van der Waals surface area (Å²) in [6, 6.07) is 7.87. The monoisotopic (exact) mass is 399 g/mol. The number of ether oxygens (including phenoxy) is 1. The highest BCUT2D eigenvalue weighted by molar-refractivity contribution is 5.96. The fraction of sp³-hybridized carbons (Fsp3) is 0.500. The van der Waals surface area contributed by atoms with Gasteiger partial charge in [0.2, 0.25) is 5.91 Å². The molecule has 156 valence electrons. The van der Waals surface area contributed by atoms with Gasteiger partial charge in [0.1, 0.15) is 17.1 Å². The second-order valence-corrected chi connectivity index (χ2v) is 7.59. The highest BCUT2D eigenvalue weighted by Gasteiger charge is 2.28. The van der Waals surface area contributed by atoms with Crippen molar-refractivity contribution in [2.24, 2.45) is 5.92 Å². The molecule has 1 fully saturated rings. The van der Waals surface area contributed by atoms with E-state index in [1.54, 1.807) is 21.0 Å². The van der Waals surface area contributed by atoms with E-state index in [1.807, 2.05) is 29.2 Å². The first-order valence-electron chi connectivity index (χ1n) is 10.1. The van der Waals surface area contributed by atoms with Crippen molar-refractivity contribution in [2.75, 3.05) is 26.7 Å². The van der Waals surface area contributed by atoms with Crippen molar-refractivity contribution in [1.29, 1.82) is 0 Å². The number of aromatic nitrogens is 1. The zero-order valence-corrected chi connectivity index (χ0v) is 17.4. The van der Waals surface area contributed by atoms with Crippen molar-refractivity contribution in [3.63, 3.8) is 0 Å². The number of hydrogen-bond acceptors (Lipinski definition) is 5. The van der Waals surface area contributed by atoms with Crippen LogP contribution >= 0.6 is 0 Å². The molecule has 3 rings (SSSR count). The summed E-state index contributed by atoms with van der Waals surface area (Å²) in [4.78, 5) is 26.8. The van der Waals surface area contributed by atoms with Gasteiger partial charge in [-0.25, -0.2) is 0 Å². The lowest BCUT2D eigenvalue weighted by molar-refractivity contribution is -0.122. The maximum absolute atomic E-state index is 12.7. The van der Waals surface area contributed by atoms with Gasteiger partial charge in [-0.3, -0.25) is 9.59 Å². The number of benzene rings is 1. The summed E-state index contributed by atoms with van der Waals surface area (Å²) in [6.07, 6.45) is 2.94. The molecule has 0 radical (unpaired) electrons. The lowest BCUT2D eigenvalue weighted by atomic mass is 9.92. The molecule has 29 heavy (non-hydrogen) atoms. The minimum Gasteiger partial charge on any atom is -0.497 e. The summed E-state index contributed by atoms with van der Waals surface area (Å²) in [5.41, 5.74) is 2.33. The Balaban J connectivity index is 1.40. The Bertz CT molecular complexity index is 834. The van der Waals surface area contributed by atoms with Gasteiger partial charge in [0, 0.05) is 26.1 Å². The molecule has 0 saturated carbocycles. The van der Waals surface area contributed by atoms with Gasteiger partial charge in [-0.05, 0) is 56.7 Å². The molecule has 1 N–H and O–H groups in total. The number of carbonyl (C=O) groups is 2. The molecule has 2 aromatic rings. The minimum atomic E-state index is -0.0255. The molecule has 7 heteroatoms. The molecule has 0 atom stereocenters. The van der Waals surface area contributed by atoms with Gasteiger partial charge in [0.15, 0.2) is 0 Å². The van der Waals surface area contributed by atoms with E-state index in [0.717, 1.165) is 30.6 Å². The van der Waals surface area contributed by atoms with Crippen molar-refractivity contribution in [2.45, 2.75) is 39.5 Å². The number of nitrogens with one attached hydrogen (secondary N) is 1. The number of piperidine rings is 1. The average Bonchev–Trinajstić information content (AvgIpc) is 3.06. The van der Waals surface area contributed by atoms with Gasteiger partial charge in [-0.15, -0.1) is 0 Å². The summed E-state index contributed by atoms with van der Waals surface area (Å²) < 4.78 is 10.3. The third-order valence-corrected chi connectivity index (χ3v) is 5.49. The third-order valence-electron chi connectivity index (χ3n) is 5.49. The fourth-order valence-corrected chi connectivity index (χ4v) is 3.80. The zero-order valence-electron chi connectivity index (χ0n) is 17.4. The number of methoxy groups -OCH3 is 1. The van der Waals surface area contributed by atoms with Crippen LogP contribution in [0.4, 0.5) is 0 Å². The highest BCUT2D eigenvalue weighted by atomic mass is 16.5. The van der Waals surface area contributed by atoms with Crippen molar-refractivity contribution in [3.8, 4) is 5.75 Å². The molecule has 0 spiro atoms. The first-order chi connectivity index (χ1) is 14.0. The Morgan fingerprint density at radius 1 is 1.28 bits per heavy atom. The molecule has 7 nitrogen and oxygen atoms in total. The van der Waals surface area contributed by atoms with E-state index in [4.69, 9.17) is 9.26 Å². The van der Waals surface area contributed by atoms with E-state index in [0.29, 0.717) is 49.0 Å². The SMILES string of the molecule is COc1cccc(CCNC(=O)CC2CCN(C(=O)c3c(C)noc3C)CC2)c1. The second-order valence-electron chi connectivity index (χ2n) is 7.59. The summed E-state index contributed by atoms with van der Waals surface area (Å²) in [5.74, 6) is 1.74. The maximum Gasteiger partial charge on any atom is 0.259 e. The Kier molecular flexibility index (Phi) is 6.90. The van der Waals surface area contributed by atoms with E-state index in [9.17, 15) is 9.59 Å². The predicted octanol–water partition coefficient (Wildman–Crippen LogP) is 2.90. The number of rotatable bonds is 7. The molecule has 2 amide bonds. The van der Waals surface area contributed by atoms with E-state index in [-0.39, 0.29) is 11.8 Å². The van der Waals surface area contributed by atoms with Gasteiger partial charge in [0.05, 0.1) is 12.8 Å². The number of hydrogen-bond donors (Lipinski definition) is 1. The van der Waals surface area contributed by atoms with Crippen molar-refractivity contribution >= 4 is 11.8 Å². The summed E-state index contributed by atoms with van der Waals surface area (Å²) in [7, 11) is 1.65. The van der Waals surface area contributed by atoms with Crippen LogP contribution < -0.4 is 10.1 Å². The summed E-state index contributed by atoms with van der Waals surface area (Å²) in [6.45, 7) is 5.47. The predicted molar refractivity (Wildman–Crippen MR) is 109 cm³/mol. The highest BCUT2D eigenvalue weighted by Crippen LogP contribution is 2.23. The van der Waals surface area contributed by atoms with Gasteiger partial charge >= 0.3 is 0 Å². The topological polar surface area (TPSA) is 84.7 Å². The molecule has 1 aliphatic rings. The largest absolute Gasteiger partial charge is 0.497 e.